The van der Waals surface area contributed by atoms with Crippen LogP contribution in [0.2, 0.25) is 0 Å². The molecular formula is C32H37N3O2. The van der Waals surface area contributed by atoms with Crippen molar-refractivity contribution in [2.45, 2.75) is 44.6 Å². The van der Waals surface area contributed by atoms with Gasteiger partial charge in [-0.25, -0.2) is 0 Å². The molecule has 3 aliphatic rings. The summed E-state index contributed by atoms with van der Waals surface area (Å²) >= 11 is 0. The topological polar surface area (TPSA) is 36.0 Å². The van der Waals surface area contributed by atoms with Crippen LogP contribution < -0.4 is 9.64 Å². The number of para-hydroxylation sites is 2. The minimum atomic E-state index is 0.0418. The summed E-state index contributed by atoms with van der Waals surface area (Å²) in [7, 11) is 0. The lowest BCUT2D eigenvalue weighted by Crippen LogP contribution is -2.48. The standard InChI is InChI=1S/C32H37N3O2/c36-32(30-12-6-7-13-31(30)37-29-10-2-1-3-11-29)35-22-20-34(21-23-35)28-15-14-25-16-18-33(19-17-26(25)24-28)27-8-4-5-9-27/h1-3,6-7,10-15,24,27H,4-5,8-9,16-23H2. The van der Waals surface area contributed by atoms with Gasteiger partial charge in [0.1, 0.15) is 11.5 Å². The number of carbonyl (C=O) groups excluding carboxylic acids is 1. The lowest BCUT2D eigenvalue weighted by molar-refractivity contribution is 0.0744. The van der Waals surface area contributed by atoms with Gasteiger partial charge in [0.05, 0.1) is 5.56 Å². The first-order chi connectivity index (χ1) is 18.2. The number of benzene rings is 3. The van der Waals surface area contributed by atoms with Gasteiger partial charge < -0.3 is 14.5 Å². The molecule has 1 amide bonds. The van der Waals surface area contributed by atoms with Gasteiger partial charge in [-0.3, -0.25) is 9.69 Å². The van der Waals surface area contributed by atoms with Crippen molar-refractivity contribution in [2.24, 2.45) is 0 Å². The Morgan fingerprint density at radius 1 is 0.730 bits per heavy atom. The van der Waals surface area contributed by atoms with Crippen molar-refractivity contribution in [1.82, 2.24) is 9.80 Å². The fourth-order valence-electron chi connectivity index (χ4n) is 6.25. The largest absolute Gasteiger partial charge is 0.457 e. The molecule has 37 heavy (non-hydrogen) atoms. The Morgan fingerprint density at radius 2 is 1.43 bits per heavy atom. The van der Waals surface area contributed by atoms with Gasteiger partial charge in [-0.05, 0) is 73.2 Å². The monoisotopic (exact) mass is 495 g/mol. The van der Waals surface area contributed by atoms with Gasteiger partial charge in [0.2, 0.25) is 0 Å². The molecule has 0 spiro atoms. The highest BCUT2D eigenvalue weighted by Crippen LogP contribution is 2.30. The van der Waals surface area contributed by atoms with Gasteiger partial charge >= 0.3 is 0 Å². The fraction of sp³-hybridized carbons (Fsp3) is 0.406. The highest BCUT2D eigenvalue weighted by atomic mass is 16.5. The number of fused-ring (bicyclic) bond motifs is 1. The van der Waals surface area contributed by atoms with Gasteiger partial charge in [-0.1, -0.05) is 49.2 Å². The normalized spacial score (nSPS) is 18.9. The number of nitrogens with zero attached hydrogens (tertiary/aromatic N) is 3. The van der Waals surface area contributed by atoms with Crippen LogP contribution in [0.15, 0.2) is 72.8 Å². The van der Waals surface area contributed by atoms with Gasteiger partial charge in [0.25, 0.3) is 5.91 Å². The van der Waals surface area contributed by atoms with E-state index >= 15 is 0 Å². The molecule has 5 nitrogen and oxygen atoms in total. The van der Waals surface area contributed by atoms with Crippen LogP contribution in [0.25, 0.3) is 0 Å². The molecule has 0 aromatic heterocycles. The zero-order chi connectivity index (χ0) is 25.0. The van der Waals surface area contributed by atoms with Crippen LogP contribution in [-0.4, -0.2) is 61.0 Å². The first-order valence-electron chi connectivity index (χ1n) is 14.0. The van der Waals surface area contributed by atoms with E-state index in [1.54, 1.807) is 0 Å². The highest BCUT2D eigenvalue weighted by Gasteiger charge is 2.27. The molecule has 2 heterocycles. The third kappa shape index (κ3) is 5.37. The molecule has 0 bridgehead atoms. The first-order valence-corrected chi connectivity index (χ1v) is 14.0. The van der Waals surface area contributed by atoms with Crippen LogP contribution in [0, 0.1) is 0 Å². The predicted molar refractivity (Wildman–Crippen MR) is 149 cm³/mol. The number of anilines is 1. The highest BCUT2D eigenvalue weighted by molar-refractivity contribution is 5.97. The molecule has 6 rings (SSSR count). The number of carbonyl (C=O) groups is 1. The number of hydrogen-bond donors (Lipinski definition) is 0. The Bertz CT molecular complexity index is 1210. The van der Waals surface area contributed by atoms with E-state index in [0.717, 1.165) is 31.3 Å². The summed E-state index contributed by atoms with van der Waals surface area (Å²) in [6, 6.07) is 25.1. The number of piperazine rings is 1. The summed E-state index contributed by atoms with van der Waals surface area (Å²) in [5, 5.41) is 0. The molecule has 3 aromatic rings. The third-order valence-corrected chi connectivity index (χ3v) is 8.39. The quantitative estimate of drug-likeness (QED) is 0.449. The summed E-state index contributed by atoms with van der Waals surface area (Å²) in [6.45, 7) is 5.51. The summed E-state index contributed by atoms with van der Waals surface area (Å²) in [5.41, 5.74) is 4.96. The molecule has 0 radical (unpaired) electrons. The van der Waals surface area contributed by atoms with Crippen LogP contribution in [0.3, 0.4) is 0 Å². The smallest absolute Gasteiger partial charge is 0.257 e. The molecule has 2 aliphatic heterocycles. The number of ether oxygens (including phenoxy) is 1. The molecule has 0 atom stereocenters. The van der Waals surface area contributed by atoms with E-state index in [-0.39, 0.29) is 5.91 Å². The fourth-order valence-corrected chi connectivity index (χ4v) is 6.25. The lowest BCUT2D eigenvalue weighted by Gasteiger charge is -2.36. The van der Waals surface area contributed by atoms with Crippen molar-refractivity contribution in [1.29, 1.82) is 0 Å². The lowest BCUT2D eigenvalue weighted by atomic mass is 10.0. The van der Waals surface area contributed by atoms with Crippen molar-refractivity contribution in [3.8, 4) is 11.5 Å². The first kappa shape index (κ1) is 24.1. The third-order valence-electron chi connectivity index (χ3n) is 8.39. The van der Waals surface area contributed by atoms with Crippen LogP contribution in [-0.2, 0) is 12.8 Å². The van der Waals surface area contributed by atoms with Crippen molar-refractivity contribution in [3.63, 3.8) is 0 Å². The van der Waals surface area contributed by atoms with Crippen LogP contribution >= 0.6 is 0 Å². The van der Waals surface area contributed by atoms with Crippen LogP contribution in [0.5, 0.6) is 11.5 Å². The second kappa shape index (κ2) is 11.0. The van der Waals surface area contributed by atoms with Crippen molar-refractivity contribution < 1.29 is 9.53 Å². The maximum atomic E-state index is 13.4. The molecule has 1 aliphatic carbocycles. The average Bonchev–Trinajstić information content (AvgIpc) is 3.41. The maximum Gasteiger partial charge on any atom is 0.257 e. The van der Waals surface area contributed by atoms with Gasteiger partial charge in [-0.15, -0.1) is 0 Å². The molecular weight excluding hydrogens is 458 g/mol. The Labute approximate surface area is 220 Å². The molecule has 2 fully saturated rings. The minimum Gasteiger partial charge on any atom is -0.457 e. The van der Waals surface area contributed by atoms with Crippen molar-refractivity contribution >= 4 is 11.6 Å². The summed E-state index contributed by atoms with van der Waals surface area (Å²) in [4.78, 5) is 20.6. The molecule has 0 unspecified atom stereocenters. The van der Waals surface area contributed by atoms with E-state index in [2.05, 4.69) is 28.0 Å². The number of hydrogen-bond acceptors (Lipinski definition) is 4. The van der Waals surface area contributed by atoms with E-state index in [9.17, 15) is 4.79 Å². The second-order valence-electron chi connectivity index (χ2n) is 10.6. The van der Waals surface area contributed by atoms with E-state index in [0.29, 0.717) is 24.4 Å². The SMILES string of the molecule is O=C(c1ccccc1Oc1ccccc1)N1CCN(c2ccc3c(c2)CCN(C2CCCC2)CC3)CC1. The summed E-state index contributed by atoms with van der Waals surface area (Å²) < 4.78 is 6.05. The molecule has 1 saturated carbocycles. The molecule has 192 valence electrons. The predicted octanol–water partition coefficient (Wildman–Crippen LogP) is 5.78. The molecule has 0 N–H and O–H groups in total. The van der Waals surface area contributed by atoms with Gasteiger partial charge in [-0.2, -0.15) is 0 Å². The van der Waals surface area contributed by atoms with Crippen LogP contribution in [0.4, 0.5) is 5.69 Å². The Morgan fingerprint density at radius 3 is 2.22 bits per heavy atom. The van der Waals surface area contributed by atoms with Gasteiger partial charge in [0, 0.05) is 51.0 Å². The second-order valence-corrected chi connectivity index (χ2v) is 10.6. The van der Waals surface area contributed by atoms with Crippen LogP contribution in [0.1, 0.15) is 47.2 Å². The minimum absolute atomic E-state index is 0.0418. The zero-order valence-corrected chi connectivity index (χ0v) is 21.6. The number of amides is 1. The van der Waals surface area contributed by atoms with E-state index < -0.39 is 0 Å². The molecule has 1 saturated heterocycles. The van der Waals surface area contributed by atoms with E-state index in [1.807, 2.05) is 59.5 Å². The summed E-state index contributed by atoms with van der Waals surface area (Å²) in [5.74, 6) is 1.39. The zero-order valence-electron chi connectivity index (χ0n) is 21.6. The summed E-state index contributed by atoms with van der Waals surface area (Å²) in [6.07, 6.45) is 7.88. The maximum absolute atomic E-state index is 13.4. The van der Waals surface area contributed by atoms with Crippen molar-refractivity contribution in [3.05, 3.63) is 89.5 Å². The Kier molecular flexibility index (Phi) is 7.13. The Balaban J connectivity index is 1.09. The Hall–Kier alpha value is -3.31. The average molecular weight is 496 g/mol. The van der Waals surface area contributed by atoms with Crippen molar-refractivity contribution in [2.75, 3.05) is 44.2 Å². The van der Waals surface area contributed by atoms with Gasteiger partial charge in [0.15, 0.2) is 0 Å². The van der Waals surface area contributed by atoms with E-state index in [4.69, 9.17) is 4.74 Å². The van der Waals surface area contributed by atoms with E-state index in [1.165, 1.54) is 62.0 Å². The number of rotatable bonds is 5. The molecule has 3 aromatic carbocycles. The molecule has 5 heteroatoms.